The van der Waals surface area contributed by atoms with E-state index in [1.54, 1.807) is 6.20 Å². The van der Waals surface area contributed by atoms with Crippen LogP contribution < -0.4 is 4.90 Å². The highest BCUT2D eigenvalue weighted by Crippen LogP contribution is 2.33. The van der Waals surface area contributed by atoms with Crippen molar-refractivity contribution in [2.75, 3.05) is 11.4 Å². The van der Waals surface area contributed by atoms with E-state index in [-0.39, 0.29) is 0 Å². The molecule has 1 aliphatic heterocycles. The number of hydrogen-bond donors (Lipinski definition) is 0. The van der Waals surface area contributed by atoms with E-state index in [0.717, 1.165) is 43.1 Å². The molecule has 0 fully saturated rings. The lowest BCUT2D eigenvalue weighted by atomic mass is 10.1. The van der Waals surface area contributed by atoms with Gasteiger partial charge in [0.2, 0.25) is 0 Å². The molecule has 19 heavy (non-hydrogen) atoms. The fraction of sp³-hybridized carbons (Fsp3) is 0.308. The molecule has 2 aromatic rings. The Labute approximate surface area is 108 Å². The second kappa shape index (κ2) is 4.29. The molecule has 0 atom stereocenters. The fourth-order valence-corrected chi connectivity index (χ4v) is 2.31. The number of anilines is 2. The topological polar surface area (TPSA) is 21.1 Å². The van der Waals surface area contributed by atoms with E-state index in [9.17, 15) is 13.2 Å². The van der Waals surface area contributed by atoms with Crippen LogP contribution in [-0.2, 0) is 12.7 Å². The molecule has 0 N–H and O–H groups in total. The lowest BCUT2D eigenvalue weighted by Gasteiger charge is -2.29. The first kappa shape index (κ1) is 12.1. The van der Waals surface area contributed by atoms with E-state index in [4.69, 9.17) is 0 Å². The molecule has 1 aromatic heterocycles. The summed E-state index contributed by atoms with van der Waals surface area (Å²) in [7, 11) is 0. The first-order valence-corrected chi connectivity index (χ1v) is 6.02. The fourth-order valence-electron chi connectivity index (χ4n) is 2.31. The summed E-state index contributed by atoms with van der Waals surface area (Å²) in [5.74, 6) is 0.922. The van der Waals surface area contributed by atoms with Crippen LogP contribution >= 0.6 is 0 Å². The third-order valence-electron chi connectivity index (χ3n) is 3.23. The van der Waals surface area contributed by atoms with Crippen molar-refractivity contribution < 1.29 is 13.2 Å². The highest BCUT2D eigenvalue weighted by atomic mass is 19.4. The van der Waals surface area contributed by atoms with E-state index in [1.165, 1.54) is 12.1 Å². The third-order valence-corrected chi connectivity index (χ3v) is 3.23. The maximum atomic E-state index is 12.5. The SMILES string of the molecule is FC(F)(F)c1ccc(N2CCCn3nccc32)cc1. The average Bonchev–Trinajstić information content (AvgIpc) is 2.86. The summed E-state index contributed by atoms with van der Waals surface area (Å²) in [5.41, 5.74) is 0.135. The van der Waals surface area contributed by atoms with Crippen LogP contribution in [0.3, 0.4) is 0 Å². The van der Waals surface area contributed by atoms with E-state index < -0.39 is 11.7 Å². The minimum Gasteiger partial charge on any atom is -0.327 e. The van der Waals surface area contributed by atoms with Crippen LogP contribution in [0.25, 0.3) is 0 Å². The van der Waals surface area contributed by atoms with E-state index in [1.807, 2.05) is 15.6 Å². The second-order valence-corrected chi connectivity index (χ2v) is 4.46. The number of alkyl halides is 3. The van der Waals surface area contributed by atoms with Gasteiger partial charge in [-0.25, -0.2) is 4.68 Å². The van der Waals surface area contributed by atoms with Gasteiger partial charge in [-0.3, -0.25) is 0 Å². The summed E-state index contributed by atoms with van der Waals surface area (Å²) in [6.07, 6.45) is -1.66. The first-order valence-electron chi connectivity index (χ1n) is 6.02. The first-order chi connectivity index (χ1) is 9.05. The molecule has 0 unspecified atom stereocenters. The summed E-state index contributed by atoms with van der Waals surface area (Å²) in [6.45, 7) is 1.64. The lowest BCUT2D eigenvalue weighted by Crippen LogP contribution is -2.27. The number of hydrogen-bond acceptors (Lipinski definition) is 2. The summed E-state index contributed by atoms with van der Waals surface area (Å²) in [5, 5.41) is 4.18. The molecular formula is C13H12F3N3. The predicted molar refractivity (Wildman–Crippen MR) is 65.3 cm³/mol. The molecule has 3 rings (SSSR count). The van der Waals surface area contributed by atoms with Gasteiger partial charge in [-0.1, -0.05) is 0 Å². The van der Waals surface area contributed by atoms with Crippen molar-refractivity contribution in [2.45, 2.75) is 19.1 Å². The number of fused-ring (bicyclic) bond motifs is 1. The largest absolute Gasteiger partial charge is 0.416 e. The quantitative estimate of drug-likeness (QED) is 0.789. The van der Waals surface area contributed by atoms with Crippen LogP contribution in [0.2, 0.25) is 0 Å². The van der Waals surface area contributed by atoms with Gasteiger partial charge in [0.05, 0.1) is 11.8 Å². The molecule has 3 nitrogen and oxygen atoms in total. The molecule has 6 heteroatoms. The predicted octanol–water partition coefficient (Wildman–Crippen LogP) is 3.44. The Kier molecular flexibility index (Phi) is 2.73. The normalized spacial score (nSPS) is 15.4. The van der Waals surface area contributed by atoms with Crippen molar-refractivity contribution in [3.05, 3.63) is 42.1 Å². The Balaban J connectivity index is 1.93. The molecule has 0 amide bonds. The van der Waals surface area contributed by atoms with Crippen molar-refractivity contribution in [1.29, 1.82) is 0 Å². The molecule has 0 bridgehead atoms. The molecule has 0 spiro atoms. The highest BCUT2D eigenvalue weighted by Gasteiger charge is 2.30. The third kappa shape index (κ3) is 2.18. The molecular weight excluding hydrogens is 255 g/mol. The van der Waals surface area contributed by atoms with E-state index >= 15 is 0 Å². The molecule has 0 radical (unpaired) electrons. The van der Waals surface area contributed by atoms with Gasteiger partial charge in [-0.15, -0.1) is 0 Å². The van der Waals surface area contributed by atoms with Gasteiger partial charge in [-0.2, -0.15) is 18.3 Å². The van der Waals surface area contributed by atoms with Crippen molar-refractivity contribution >= 4 is 11.5 Å². The van der Waals surface area contributed by atoms with Crippen LogP contribution in [0.4, 0.5) is 24.7 Å². The van der Waals surface area contributed by atoms with Gasteiger partial charge in [0.15, 0.2) is 0 Å². The van der Waals surface area contributed by atoms with Crippen LogP contribution in [0, 0.1) is 0 Å². The maximum Gasteiger partial charge on any atom is 0.416 e. The van der Waals surface area contributed by atoms with Crippen LogP contribution in [0.1, 0.15) is 12.0 Å². The summed E-state index contributed by atoms with van der Waals surface area (Å²) >= 11 is 0. The van der Waals surface area contributed by atoms with Crippen molar-refractivity contribution in [3.8, 4) is 0 Å². The minimum absolute atomic E-state index is 0.623. The Morgan fingerprint density at radius 2 is 1.74 bits per heavy atom. The highest BCUT2D eigenvalue weighted by molar-refractivity contribution is 5.61. The van der Waals surface area contributed by atoms with Crippen LogP contribution in [0.5, 0.6) is 0 Å². The zero-order valence-electron chi connectivity index (χ0n) is 10.1. The van der Waals surface area contributed by atoms with Gasteiger partial charge < -0.3 is 4.90 Å². The molecule has 2 heterocycles. The average molecular weight is 267 g/mol. The number of benzene rings is 1. The molecule has 1 aromatic carbocycles. The zero-order valence-corrected chi connectivity index (χ0v) is 10.1. The Bertz CT molecular complexity index is 572. The summed E-state index contributed by atoms with van der Waals surface area (Å²) < 4.78 is 39.4. The molecule has 100 valence electrons. The van der Waals surface area contributed by atoms with Gasteiger partial charge in [-0.05, 0) is 30.7 Å². The monoisotopic (exact) mass is 267 g/mol. The number of aromatic nitrogens is 2. The smallest absolute Gasteiger partial charge is 0.327 e. The molecule has 0 saturated carbocycles. The van der Waals surface area contributed by atoms with Crippen LogP contribution in [0.15, 0.2) is 36.5 Å². The molecule has 0 aliphatic carbocycles. The van der Waals surface area contributed by atoms with Crippen molar-refractivity contribution in [1.82, 2.24) is 9.78 Å². The molecule has 0 saturated heterocycles. The minimum atomic E-state index is -4.29. The Morgan fingerprint density at radius 1 is 1.00 bits per heavy atom. The van der Waals surface area contributed by atoms with Crippen LogP contribution in [-0.4, -0.2) is 16.3 Å². The molecule has 1 aliphatic rings. The Morgan fingerprint density at radius 3 is 2.42 bits per heavy atom. The standard InChI is InChI=1S/C13H12F3N3/c14-13(15,16)10-2-4-11(5-3-10)18-8-1-9-19-12(18)6-7-17-19/h2-7H,1,8-9H2. The second-order valence-electron chi connectivity index (χ2n) is 4.46. The number of halogens is 3. The van der Waals surface area contributed by atoms with Crippen molar-refractivity contribution in [2.24, 2.45) is 0 Å². The van der Waals surface area contributed by atoms with E-state index in [2.05, 4.69) is 5.10 Å². The van der Waals surface area contributed by atoms with Gasteiger partial charge in [0.25, 0.3) is 0 Å². The van der Waals surface area contributed by atoms with E-state index in [0.29, 0.717) is 0 Å². The summed E-state index contributed by atoms with van der Waals surface area (Å²) in [4.78, 5) is 1.98. The summed E-state index contributed by atoms with van der Waals surface area (Å²) in [6, 6.07) is 7.11. The lowest BCUT2D eigenvalue weighted by molar-refractivity contribution is -0.137. The van der Waals surface area contributed by atoms with Gasteiger partial charge in [0, 0.05) is 24.8 Å². The number of nitrogens with zero attached hydrogens (tertiary/aromatic N) is 3. The van der Waals surface area contributed by atoms with Gasteiger partial charge >= 0.3 is 6.18 Å². The van der Waals surface area contributed by atoms with Crippen molar-refractivity contribution in [3.63, 3.8) is 0 Å². The number of aryl methyl sites for hydroxylation is 1. The maximum absolute atomic E-state index is 12.5. The number of rotatable bonds is 1. The zero-order chi connectivity index (χ0) is 13.5. The Hall–Kier alpha value is -1.98. The van der Waals surface area contributed by atoms with Gasteiger partial charge in [0.1, 0.15) is 5.82 Å².